The molecule has 1 aromatic rings. The summed E-state index contributed by atoms with van der Waals surface area (Å²) in [7, 11) is 1.42. The number of nitro benzene ring substituents is 1. The van der Waals surface area contributed by atoms with Crippen molar-refractivity contribution in [3.05, 3.63) is 33.6 Å². The molecule has 0 bridgehead atoms. The number of nitro groups is 1. The molecule has 19 heavy (non-hydrogen) atoms. The van der Waals surface area contributed by atoms with Crippen molar-refractivity contribution in [3.63, 3.8) is 0 Å². The molecule has 0 aromatic heterocycles. The summed E-state index contributed by atoms with van der Waals surface area (Å²) in [6, 6.07) is 2.08. The first-order valence-electron chi connectivity index (χ1n) is 5.50. The number of aliphatic carboxylic acids is 1. The van der Waals surface area contributed by atoms with E-state index in [2.05, 4.69) is 0 Å². The Kier molecular flexibility index (Phi) is 3.78. The van der Waals surface area contributed by atoms with Gasteiger partial charge in [-0.25, -0.2) is 9.18 Å². The number of benzene rings is 1. The van der Waals surface area contributed by atoms with Crippen LogP contribution in [0.25, 0.3) is 0 Å². The fourth-order valence-electron chi connectivity index (χ4n) is 1.52. The van der Waals surface area contributed by atoms with Gasteiger partial charge in [-0.1, -0.05) is 0 Å². The molecule has 0 heterocycles. The van der Waals surface area contributed by atoms with Gasteiger partial charge in [0.05, 0.1) is 11.0 Å². The van der Waals surface area contributed by atoms with Gasteiger partial charge in [-0.05, 0) is 32.4 Å². The van der Waals surface area contributed by atoms with Crippen LogP contribution in [0, 0.1) is 22.9 Å². The molecule has 0 atom stereocenters. The number of aryl methyl sites for hydroxylation is 1. The maximum atomic E-state index is 13.4. The molecule has 0 unspecified atom stereocenters. The summed E-state index contributed by atoms with van der Waals surface area (Å²) in [5, 5.41) is 20.1. The predicted molar refractivity (Wildman–Crippen MR) is 67.9 cm³/mol. The van der Waals surface area contributed by atoms with Crippen LogP contribution >= 0.6 is 0 Å². The highest BCUT2D eigenvalue weighted by Crippen LogP contribution is 2.33. The molecular weight excluding hydrogens is 255 g/mol. The van der Waals surface area contributed by atoms with Crippen LogP contribution in [-0.4, -0.2) is 28.6 Å². The normalized spacial score (nSPS) is 11.2. The van der Waals surface area contributed by atoms with Crippen molar-refractivity contribution in [1.29, 1.82) is 0 Å². The van der Waals surface area contributed by atoms with Crippen molar-refractivity contribution in [2.75, 3.05) is 11.9 Å². The zero-order chi connectivity index (χ0) is 15.0. The second-order valence-electron chi connectivity index (χ2n) is 4.77. The molecule has 0 spiro atoms. The second-order valence-corrected chi connectivity index (χ2v) is 4.77. The Morgan fingerprint density at radius 3 is 2.42 bits per heavy atom. The van der Waals surface area contributed by atoms with Gasteiger partial charge in [0.25, 0.3) is 5.69 Å². The maximum absolute atomic E-state index is 13.4. The minimum absolute atomic E-state index is 0.0660. The zero-order valence-electron chi connectivity index (χ0n) is 11.1. The molecule has 6 nitrogen and oxygen atoms in total. The minimum atomic E-state index is -1.35. The Bertz CT molecular complexity index is 543. The van der Waals surface area contributed by atoms with Crippen molar-refractivity contribution in [2.24, 2.45) is 0 Å². The van der Waals surface area contributed by atoms with E-state index in [-0.39, 0.29) is 11.3 Å². The summed E-state index contributed by atoms with van der Waals surface area (Å²) in [5.74, 6) is -1.83. The minimum Gasteiger partial charge on any atom is -0.480 e. The van der Waals surface area contributed by atoms with Crippen LogP contribution in [0.5, 0.6) is 0 Å². The molecule has 0 aliphatic carbocycles. The van der Waals surface area contributed by atoms with Crippen LogP contribution in [0.1, 0.15) is 19.4 Å². The molecule has 0 aliphatic rings. The van der Waals surface area contributed by atoms with Gasteiger partial charge in [-0.3, -0.25) is 10.1 Å². The number of carbonyl (C=O) groups is 1. The third-order valence-electron chi connectivity index (χ3n) is 3.18. The Morgan fingerprint density at radius 1 is 1.47 bits per heavy atom. The van der Waals surface area contributed by atoms with Gasteiger partial charge >= 0.3 is 5.97 Å². The van der Waals surface area contributed by atoms with E-state index in [0.29, 0.717) is 0 Å². The first-order chi connectivity index (χ1) is 8.59. The van der Waals surface area contributed by atoms with Gasteiger partial charge < -0.3 is 10.0 Å². The molecule has 0 saturated heterocycles. The fraction of sp³-hybridized carbons (Fsp3) is 0.417. The summed E-state index contributed by atoms with van der Waals surface area (Å²) in [6.07, 6.45) is 0. The van der Waals surface area contributed by atoms with Crippen LogP contribution in [0.2, 0.25) is 0 Å². The van der Waals surface area contributed by atoms with E-state index in [1.54, 1.807) is 0 Å². The van der Waals surface area contributed by atoms with E-state index in [0.717, 1.165) is 6.07 Å². The van der Waals surface area contributed by atoms with E-state index < -0.39 is 27.9 Å². The van der Waals surface area contributed by atoms with Gasteiger partial charge in [-0.2, -0.15) is 0 Å². The standard InChI is InChI=1S/C12H15FN2O4/c1-7-5-9(10(15(18)19)6-8(7)13)14(4)12(2,3)11(16)17/h5-6H,1-4H3,(H,16,17). The van der Waals surface area contributed by atoms with E-state index >= 15 is 0 Å². The molecule has 1 aromatic carbocycles. The van der Waals surface area contributed by atoms with Crippen molar-refractivity contribution in [3.8, 4) is 0 Å². The lowest BCUT2D eigenvalue weighted by molar-refractivity contribution is -0.384. The monoisotopic (exact) mass is 270 g/mol. The highest BCUT2D eigenvalue weighted by molar-refractivity contribution is 5.84. The Morgan fingerprint density at radius 2 is 2.00 bits per heavy atom. The number of anilines is 1. The third kappa shape index (κ3) is 2.64. The quantitative estimate of drug-likeness (QED) is 0.670. The highest BCUT2D eigenvalue weighted by atomic mass is 19.1. The smallest absolute Gasteiger partial charge is 0.328 e. The number of hydrogen-bond donors (Lipinski definition) is 1. The molecule has 0 saturated carbocycles. The lowest BCUT2D eigenvalue weighted by atomic mass is 10.0. The molecule has 0 aliphatic heterocycles. The number of likely N-dealkylation sites (N-methyl/N-ethyl adjacent to an activating group) is 1. The van der Waals surface area contributed by atoms with Crippen LogP contribution < -0.4 is 4.90 Å². The molecular formula is C12H15FN2O4. The summed E-state index contributed by atoms with van der Waals surface area (Å²) < 4.78 is 13.4. The number of nitrogens with zero attached hydrogens (tertiary/aromatic N) is 2. The average molecular weight is 270 g/mol. The van der Waals surface area contributed by atoms with Crippen molar-refractivity contribution in [2.45, 2.75) is 26.3 Å². The second kappa shape index (κ2) is 4.83. The van der Waals surface area contributed by atoms with Crippen LogP contribution in [0.4, 0.5) is 15.8 Å². The molecule has 0 radical (unpaired) electrons. The summed E-state index contributed by atoms with van der Waals surface area (Å²) >= 11 is 0. The highest BCUT2D eigenvalue weighted by Gasteiger charge is 2.35. The predicted octanol–water partition coefficient (Wildman–Crippen LogP) is 2.34. The van der Waals surface area contributed by atoms with Crippen molar-refractivity contribution < 1.29 is 19.2 Å². The average Bonchev–Trinajstić information content (AvgIpc) is 2.30. The molecule has 104 valence electrons. The third-order valence-corrected chi connectivity index (χ3v) is 3.18. The van der Waals surface area contributed by atoms with Gasteiger partial charge in [0.2, 0.25) is 0 Å². The molecule has 1 rings (SSSR count). The summed E-state index contributed by atoms with van der Waals surface area (Å²) in [4.78, 5) is 22.7. The lowest BCUT2D eigenvalue weighted by Gasteiger charge is -2.33. The fourth-order valence-corrected chi connectivity index (χ4v) is 1.52. The zero-order valence-corrected chi connectivity index (χ0v) is 11.1. The van der Waals surface area contributed by atoms with E-state index in [4.69, 9.17) is 5.11 Å². The molecule has 0 fully saturated rings. The molecule has 7 heteroatoms. The first-order valence-corrected chi connectivity index (χ1v) is 5.50. The number of halogens is 1. The summed E-state index contributed by atoms with van der Waals surface area (Å²) in [6.45, 7) is 4.29. The van der Waals surface area contributed by atoms with E-state index in [1.165, 1.54) is 38.8 Å². The van der Waals surface area contributed by atoms with Crippen molar-refractivity contribution in [1.82, 2.24) is 0 Å². The largest absolute Gasteiger partial charge is 0.480 e. The number of rotatable bonds is 4. The van der Waals surface area contributed by atoms with Crippen molar-refractivity contribution >= 4 is 17.3 Å². The van der Waals surface area contributed by atoms with Gasteiger partial charge in [0.1, 0.15) is 17.0 Å². The first kappa shape index (κ1) is 14.9. The van der Waals surface area contributed by atoms with Crippen LogP contribution in [0.15, 0.2) is 12.1 Å². The Labute approximate surface area is 109 Å². The maximum Gasteiger partial charge on any atom is 0.328 e. The van der Waals surface area contributed by atoms with E-state index in [9.17, 15) is 19.3 Å². The van der Waals surface area contributed by atoms with Gasteiger partial charge in [0.15, 0.2) is 0 Å². The molecule has 1 N–H and O–H groups in total. The Balaban J connectivity index is 3.45. The van der Waals surface area contributed by atoms with E-state index in [1.807, 2.05) is 0 Å². The van der Waals surface area contributed by atoms with Gasteiger partial charge in [0, 0.05) is 7.05 Å². The van der Waals surface area contributed by atoms with Gasteiger partial charge in [-0.15, -0.1) is 0 Å². The Hall–Kier alpha value is -2.18. The number of carboxylic acids is 1. The topological polar surface area (TPSA) is 83.7 Å². The van der Waals surface area contributed by atoms with Crippen LogP contribution in [0.3, 0.4) is 0 Å². The SMILES string of the molecule is Cc1cc(N(C)C(C)(C)C(=O)O)c([N+](=O)[O-])cc1F. The molecule has 0 amide bonds. The summed E-state index contributed by atoms with van der Waals surface area (Å²) in [5.41, 5.74) is -1.53. The lowest BCUT2D eigenvalue weighted by Crippen LogP contribution is -2.48. The number of hydrogen-bond acceptors (Lipinski definition) is 4. The van der Waals surface area contributed by atoms with Crippen LogP contribution in [-0.2, 0) is 4.79 Å². The number of carboxylic acid groups (broad SMARTS) is 1.